The van der Waals surface area contributed by atoms with Gasteiger partial charge in [-0.15, -0.1) is 12.4 Å². The lowest BCUT2D eigenvalue weighted by molar-refractivity contribution is -0.133. The molecular formula is C12H23ClN2O. The fourth-order valence-corrected chi connectivity index (χ4v) is 2.65. The zero-order valence-corrected chi connectivity index (χ0v) is 11.1. The molecule has 2 atom stereocenters. The van der Waals surface area contributed by atoms with Crippen molar-refractivity contribution in [3.05, 3.63) is 0 Å². The lowest BCUT2D eigenvalue weighted by Crippen LogP contribution is -2.57. The predicted octanol–water partition coefficient (Wildman–Crippen LogP) is 1.66. The van der Waals surface area contributed by atoms with Crippen molar-refractivity contribution >= 4 is 18.3 Å². The normalized spacial score (nSPS) is 29.4. The summed E-state index contributed by atoms with van der Waals surface area (Å²) in [5.74, 6) is 1.84. The van der Waals surface area contributed by atoms with Crippen molar-refractivity contribution in [3.63, 3.8) is 0 Å². The quantitative estimate of drug-likeness (QED) is 0.822. The fraction of sp³-hybridized carbons (Fsp3) is 0.917. The van der Waals surface area contributed by atoms with Crippen LogP contribution in [0.5, 0.6) is 0 Å². The average molecular weight is 247 g/mol. The molecular weight excluding hydrogens is 224 g/mol. The second-order valence-electron chi connectivity index (χ2n) is 5.31. The second kappa shape index (κ2) is 5.87. The van der Waals surface area contributed by atoms with Gasteiger partial charge in [0.2, 0.25) is 5.91 Å². The third-order valence-corrected chi connectivity index (χ3v) is 3.97. The standard InChI is InChI=1S/C12H22N2O.ClH/c1-9-3-4-10(5-9)6-12(15)14(2)11-7-13-8-11;/h9-11,13H,3-8H2,1-2H3;1H. The zero-order valence-electron chi connectivity index (χ0n) is 10.2. The third-order valence-electron chi connectivity index (χ3n) is 3.97. The van der Waals surface area contributed by atoms with Gasteiger partial charge >= 0.3 is 0 Å². The Labute approximate surface area is 104 Å². The van der Waals surface area contributed by atoms with Crippen molar-refractivity contribution < 1.29 is 4.79 Å². The summed E-state index contributed by atoms with van der Waals surface area (Å²) in [6.07, 6.45) is 4.59. The fourth-order valence-electron chi connectivity index (χ4n) is 2.65. The molecule has 2 rings (SSSR count). The van der Waals surface area contributed by atoms with Crippen LogP contribution in [-0.2, 0) is 4.79 Å². The van der Waals surface area contributed by atoms with Gasteiger partial charge in [-0.1, -0.05) is 13.3 Å². The van der Waals surface area contributed by atoms with Gasteiger partial charge in [-0.05, 0) is 24.7 Å². The molecule has 1 heterocycles. The molecule has 16 heavy (non-hydrogen) atoms. The van der Waals surface area contributed by atoms with E-state index in [1.807, 2.05) is 11.9 Å². The molecule has 1 amide bonds. The number of likely N-dealkylation sites (N-methyl/N-ethyl adjacent to an activating group) is 1. The maximum Gasteiger partial charge on any atom is 0.222 e. The van der Waals surface area contributed by atoms with Crippen molar-refractivity contribution in [2.45, 2.75) is 38.6 Å². The molecule has 1 aliphatic carbocycles. The van der Waals surface area contributed by atoms with Gasteiger partial charge in [-0.3, -0.25) is 4.79 Å². The van der Waals surface area contributed by atoms with E-state index in [1.54, 1.807) is 0 Å². The Hall–Kier alpha value is -0.280. The Morgan fingerprint density at radius 2 is 2.06 bits per heavy atom. The highest BCUT2D eigenvalue weighted by Gasteiger charge is 2.29. The number of carbonyl (C=O) groups excluding carboxylic acids is 1. The summed E-state index contributed by atoms with van der Waals surface area (Å²) in [5.41, 5.74) is 0. The van der Waals surface area contributed by atoms with Gasteiger partial charge in [0, 0.05) is 26.6 Å². The maximum absolute atomic E-state index is 11.9. The number of amides is 1. The van der Waals surface area contributed by atoms with E-state index < -0.39 is 0 Å². The van der Waals surface area contributed by atoms with E-state index in [4.69, 9.17) is 0 Å². The van der Waals surface area contributed by atoms with Crippen LogP contribution in [-0.4, -0.2) is 37.0 Å². The molecule has 0 aromatic rings. The monoisotopic (exact) mass is 246 g/mol. The van der Waals surface area contributed by atoms with Crippen LogP contribution < -0.4 is 5.32 Å². The van der Waals surface area contributed by atoms with Crippen LogP contribution >= 0.6 is 12.4 Å². The topological polar surface area (TPSA) is 32.3 Å². The van der Waals surface area contributed by atoms with Crippen molar-refractivity contribution in [1.82, 2.24) is 10.2 Å². The molecule has 1 saturated carbocycles. The molecule has 94 valence electrons. The first-order valence-corrected chi connectivity index (χ1v) is 6.13. The Morgan fingerprint density at radius 3 is 2.50 bits per heavy atom. The molecule has 1 N–H and O–H groups in total. The van der Waals surface area contributed by atoms with Crippen molar-refractivity contribution in [1.29, 1.82) is 0 Å². The molecule has 0 bridgehead atoms. The molecule has 2 aliphatic rings. The highest BCUT2D eigenvalue weighted by molar-refractivity contribution is 5.85. The minimum Gasteiger partial charge on any atom is -0.340 e. The zero-order chi connectivity index (χ0) is 10.8. The van der Waals surface area contributed by atoms with E-state index in [-0.39, 0.29) is 12.4 Å². The molecule has 0 radical (unpaired) electrons. The van der Waals surface area contributed by atoms with Crippen LogP contribution in [0.3, 0.4) is 0 Å². The molecule has 4 heteroatoms. The van der Waals surface area contributed by atoms with Crippen LogP contribution in [0.25, 0.3) is 0 Å². The van der Waals surface area contributed by atoms with Gasteiger partial charge in [-0.2, -0.15) is 0 Å². The summed E-state index contributed by atoms with van der Waals surface area (Å²) in [6.45, 7) is 4.25. The van der Waals surface area contributed by atoms with E-state index in [9.17, 15) is 4.79 Å². The Balaban J connectivity index is 0.00000128. The number of nitrogens with zero attached hydrogens (tertiary/aromatic N) is 1. The summed E-state index contributed by atoms with van der Waals surface area (Å²) in [4.78, 5) is 13.9. The Morgan fingerprint density at radius 1 is 1.38 bits per heavy atom. The summed E-state index contributed by atoms with van der Waals surface area (Å²) in [6, 6.07) is 0.455. The first kappa shape index (κ1) is 13.8. The van der Waals surface area contributed by atoms with E-state index in [0.717, 1.165) is 25.4 Å². The number of halogens is 1. The van der Waals surface area contributed by atoms with Gasteiger partial charge in [-0.25, -0.2) is 0 Å². The summed E-state index contributed by atoms with van der Waals surface area (Å²) < 4.78 is 0. The molecule has 0 aromatic carbocycles. The van der Waals surface area contributed by atoms with E-state index in [2.05, 4.69) is 12.2 Å². The lowest BCUT2D eigenvalue weighted by atomic mass is 10.0. The Kier molecular flexibility index (Phi) is 5.06. The molecule has 3 nitrogen and oxygen atoms in total. The van der Waals surface area contributed by atoms with Gasteiger partial charge in [0.05, 0.1) is 6.04 Å². The molecule has 2 fully saturated rings. The van der Waals surface area contributed by atoms with E-state index in [1.165, 1.54) is 19.3 Å². The van der Waals surface area contributed by atoms with Gasteiger partial charge in [0.1, 0.15) is 0 Å². The van der Waals surface area contributed by atoms with Crippen LogP contribution in [0, 0.1) is 11.8 Å². The first-order valence-electron chi connectivity index (χ1n) is 6.13. The van der Waals surface area contributed by atoms with Crippen LogP contribution in [0.1, 0.15) is 32.6 Å². The number of carbonyl (C=O) groups is 1. The lowest BCUT2D eigenvalue weighted by Gasteiger charge is -2.36. The minimum atomic E-state index is 0. The number of hydrogen-bond donors (Lipinski definition) is 1. The second-order valence-corrected chi connectivity index (χ2v) is 5.31. The van der Waals surface area contributed by atoms with Gasteiger partial charge in [0.25, 0.3) is 0 Å². The summed E-state index contributed by atoms with van der Waals surface area (Å²) in [7, 11) is 1.95. The minimum absolute atomic E-state index is 0. The smallest absolute Gasteiger partial charge is 0.222 e. The molecule has 2 unspecified atom stereocenters. The van der Waals surface area contributed by atoms with Crippen molar-refractivity contribution in [2.24, 2.45) is 11.8 Å². The summed E-state index contributed by atoms with van der Waals surface area (Å²) in [5, 5.41) is 3.20. The number of rotatable bonds is 3. The highest BCUT2D eigenvalue weighted by atomic mass is 35.5. The molecule has 1 aliphatic heterocycles. The highest BCUT2D eigenvalue weighted by Crippen LogP contribution is 2.32. The average Bonchev–Trinajstić information content (AvgIpc) is 2.48. The number of hydrogen-bond acceptors (Lipinski definition) is 2. The molecule has 0 aromatic heterocycles. The number of nitrogens with one attached hydrogen (secondary N) is 1. The van der Waals surface area contributed by atoms with Gasteiger partial charge < -0.3 is 10.2 Å². The first-order chi connectivity index (χ1) is 7.16. The maximum atomic E-state index is 11.9. The van der Waals surface area contributed by atoms with Gasteiger partial charge in [0.15, 0.2) is 0 Å². The van der Waals surface area contributed by atoms with Crippen molar-refractivity contribution in [2.75, 3.05) is 20.1 Å². The predicted molar refractivity (Wildman–Crippen MR) is 67.8 cm³/mol. The van der Waals surface area contributed by atoms with Crippen molar-refractivity contribution in [3.8, 4) is 0 Å². The molecule has 1 saturated heterocycles. The largest absolute Gasteiger partial charge is 0.340 e. The van der Waals surface area contributed by atoms with Crippen LogP contribution in [0.15, 0.2) is 0 Å². The Bertz CT molecular complexity index is 243. The van der Waals surface area contributed by atoms with Crippen LogP contribution in [0.4, 0.5) is 0 Å². The van der Waals surface area contributed by atoms with E-state index >= 15 is 0 Å². The van der Waals surface area contributed by atoms with Crippen LogP contribution in [0.2, 0.25) is 0 Å². The summed E-state index contributed by atoms with van der Waals surface area (Å²) >= 11 is 0. The SMILES string of the molecule is CC1CCC(CC(=O)N(C)C2CNC2)C1.Cl. The third kappa shape index (κ3) is 3.11. The van der Waals surface area contributed by atoms with E-state index in [0.29, 0.717) is 17.9 Å². The molecule has 0 spiro atoms.